The number of ether oxygens (including phenoxy) is 1. The topological polar surface area (TPSA) is 41.8 Å². The first-order valence-electron chi connectivity index (χ1n) is 4.05. The Morgan fingerprint density at radius 1 is 1.50 bits per heavy atom. The number of hydrogen-bond donors (Lipinski definition) is 1. The first kappa shape index (κ1) is 9.27. The zero-order chi connectivity index (χ0) is 10.1. The van der Waals surface area contributed by atoms with E-state index in [1.165, 1.54) is 12.1 Å². The van der Waals surface area contributed by atoms with Crippen molar-refractivity contribution in [3.05, 3.63) is 28.5 Å². The van der Waals surface area contributed by atoms with Crippen molar-refractivity contribution in [1.29, 1.82) is 0 Å². The molecule has 0 unspecified atom stereocenters. The van der Waals surface area contributed by atoms with Crippen molar-refractivity contribution in [1.82, 2.24) is 0 Å². The Bertz CT molecular complexity index is 406. The number of oxime groups is 1. The van der Waals surface area contributed by atoms with Crippen molar-refractivity contribution >= 4 is 17.3 Å². The molecule has 0 saturated heterocycles. The minimum Gasteiger partial charge on any atom is -0.492 e. The van der Waals surface area contributed by atoms with Gasteiger partial charge in [0.1, 0.15) is 11.6 Å². The third kappa shape index (κ3) is 1.42. The van der Waals surface area contributed by atoms with Gasteiger partial charge in [-0.05, 0) is 6.07 Å². The molecule has 1 heterocycles. The molecule has 0 aromatic heterocycles. The summed E-state index contributed by atoms with van der Waals surface area (Å²) >= 11 is 5.58. The average Bonchev–Trinajstić information content (AvgIpc) is 2.19. The molecule has 2 rings (SSSR count). The smallest absolute Gasteiger partial charge is 0.142 e. The summed E-state index contributed by atoms with van der Waals surface area (Å²) in [6.45, 7) is 0.411. The second-order valence-electron chi connectivity index (χ2n) is 2.91. The Balaban J connectivity index is 2.58. The van der Waals surface area contributed by atoms with Crippen molar-refractivity contribution in [2.75, 3.05) is 6.61 Å². The fraction of sp³-hybridized carbons (Fsp3) is 0.222. The summed E-state index contributed by atoms with van der Waals surface area (Å²) in [5.41, 5.74) is 0.877. The Labute approximate surface area is 84.7 Å². The van der Waals surface area contributed by atoms with E-state index in [4.69, 9.17) is 21.5 Å². The molecule has 1 N–H and O–H groups in total. The van der Waals surface area contributed by atoms with Gasteiger partial charge >= 0.3 is 0 Å². The van der Waals surface area contributed by atoms with E-state index in [0.29, 0.717) is 30.1 Å². The van der Waals surface area contributed by atoms with Gasteiger partial charge in [0.05, 0.1) is 17.3 Å². The summed E-state index contributed by atoms with van der Waals surface area (Å²) < 4.78 is 18.3. The van der Waals surface area contributed by atoms with Crippen molar-refractivity contribution in [3.8, 4) is 5.75 Å². The van der Waals surface area contributed by atoms with Crippen molar-refractivity contribution < 1.29 is 14.3 Å². The van der Waals surface area contributed by atoms with Gasteiger partial charge in [-0.1, -0.05) is 16.8 Å². The highest BCUT2D eigenvalue weighted by Crippen LogP contribution is 2.30. The van der Waals surface area contributed by atoms with Gasteiger partial charge in [0.15, 0.2) is 0 Å². The van der Waals surface area contributed by atoms with Gasteiger partial charge in [0.25, 0.3) is 0 Å². The van der Waals surface area contributed by atoms with Crippen molar-refractivity contribution in [3.63, 3.8) is 0 Å². The number of halogens is 2. The van der Waals surface area contributed by atoms with Gasteiger partial charge in [0, 0.05) is 18.1 Å². The van der Waals surface area contributed by atoms with Crippen LogP contribution in [0.4, 0.5) is 4.39 Å². The van der Waals surface area contributed by atoms with Crippen LogP contribution in [-0.4, -0.2) is 17.5 Å². The minimum atomic E-state index is -0.544. The second-order valence-corrected chi connectivity index (χ2v) is 3.31. The molecule has 3 nitrogen and oxygen atoms in total. The molecule has 5 heteroatoms. The molecule has 1 aromatic carbocycles. The SMILES string of the molecule is ON=C1CCOc2cc(Cl)c(F)cc21. The Kier molecular flexibility index (Phi) is 2.29. The minimum absolute atomic E-state index is 0.00272. The Morgan fingerprint density at radius 2 is 2.29 bits per heavy atom. The fourth-order valence-electron chi connectivity index (χ4n) is 1.37. The normalized spacial score (nSPS) is 17.7. The van der Waals surface area contributed by atoms with Crippen LogP contribution < -0.4 is 4.74 Å². The van der Waals surface area contributed by atoms with Crippen LogP contribution in [0.3, 0.4) is 0 Å². The summed E-state index contributed by atoms with van der Waals surface area (Å²) in [5, 5.41) is 11.8. The van der Waals surface area contributed by atoms with E-state index in [0.717, 1.165) is 0 Å². The van der Waals surface area contributed by atoms with Crippen LogP contribution in [0, 0.1) is 5.82 Å². The lowest BCUT2D eigenvalue weighted by Crippen LogP contribution is -2.16. The molecule has 0 amide bonds. The van der Waals surface area contributed by atoms with E-state index >= 15 is 0 Å². The average molecular weight is 216 g/mol. The van der Waals surface area contributed by atoms with Crippen LogP contribution >= 0.6 is 11.6 Å². The van der Waals surface area contributed by atoms with Gasteiger partial charge in [-0.2, -0.15) is 0 Å². The monoisotopic (exact) mass is 215 g/mol. The van der Waals surface area contributed by atoms with E-state index in [1.54, 1.807) is 0 Å². The maximum absolute atomic E-state index is 13.1. The third-order valence-electron chi connectivity index (χ3n) is 2.05. The summed E-state index contributed by atoms with van der Waals surface area (Å²) in [6, 6.07) is 2.60. The zero-order valence-corrected chi connectivity index (χ0v) is 7.88. The van der Waals surface area contributed by atoms with Crippen LogP contribution in [0.25, 0.3) is 0 Å². The fourth-order valence-corrected chi connectivity index (χ4v) is 1.52. The Hall–Kier alpha value is -1.29. The summed E-state index contributed by atoms with van der Waals surface area (Å²) in [7, 11) is 0. The lowest BCUT2D eigenvalue weighted by Gasteiger charge is -2.18. The van der Waals surface area contributed by atoms with E-state index < -0.39 is 5.82 Å². The standard InChI is InChI=1S/C9H7ClFNO2/c10-6-4-9-5(3-7(6)11)8(12-13)1-2-14-9/h3-4,13H,1-2H2. The molecule has 0 saturated carbocycles. The lowest BCUT2D eigenvalue weighted by molar-refractivity contribution is 0.297. The van der Waals surface area contributed by atoms with Gasteiger partial charge in [-0.25, -0.2) is 4.39 Å². The molecule has 0 atom stereocenters. The third-order valence-corrected chi connectivity index (χ3v) is 2.34. The number of rotatable bonds is 0. The van der Waals surface area contributed by atoms with Gasteiger partial charge < -0.3 is 9.94 Å². The number of benzene rings is 1. The second kappa shape index (κ2) is 3.46. The molecule has 0 fully saturated rings. The van der Waals surface area contributed by atoms with Crippen LogP contribution in [0.2, 0.25) is 5.02 Å². The van der Waals surface area contributed by atoms with Gasteiger partial charge in [-0.3, -0.25) is 0 Å². The molecule has 0 radical (unpaired) electrons. The number of hydrogen-bond acceptors (Lipinski definition) is 3. The van der Waals surface area contributed by atoms with Crippen LogP contribution in [-0.2, 0) is 0 Å². The molecule has 74 valence electrons. The molecule has 0 aliphatic carbocycles. The molecular weight excluding hydrogens is 209 g/mol. The lowest BCUT2D eigenvalue weighted by atomic mass is 10.0. The van der Waals surface area contributed by atoms with E-state index in [2.05, 4.69) is 5.16 Å². The van der Waals surface area contributed by atoms with Crippen molar-refractivity contribution in [2.24, 2.45) is 5.16 Å². The first-order valence-corrected chi connectivity index (χ1v) is 4.43. The van der Waals surface area contributed by atoms with E-state index in [1.807, 2.05) is 0 Å². The zero-order valence-electron chi connectivity index (χ0n) is 7.13. The summed E-state index contributed by atoms with van der Waals surface area (Å²) in [4.78, 5) is 0. The molecule has 0 bridgehead atoms. The number of fused-ring (bicyclic) bond motifs is 1. The quantitative estimate of drug-likeness (QED) is 0.534. The maximum Gasteiger partial charge on any atom is 0.142 e. The first-order chi connectivity index (χ1) is 6.72. The van der Waals surface area contributed by atoms with Gasteiger partial charge in [0.2, 0.25) is 0 Å². The summed E-state index contributed by atoms with van der Waals surface area (Å²) in [5.74, 6) is -0.0903. The van der Waals surface area contributed by atoms with E-state index in [-0.39, 0.29) is 5.02 Å². The number of nitrogens with zero attached hydrogens (tertiary/aromatic N) is 1. The predicted molar refractivity (Wildman–Crippen MR) is 49.8 cm³/mol. The highest BCUT2D eigenvalue weighted by molar-refractivity contribution is 6.31. The molecule has 0 spiro atoms. The molecule has 1 aliphatic rings. The van der Waals surface area contributed by atoms with E-state index in [9.17, 15) is 4.39 Å². The van der Waals surface area contributed by atoms with Gasteiger partial charge in [-0.15, -0.1) is 0 Å². The molecule has 14 heavy (non-hydrogen) atoms. The Morgan fingerprint density at radius 3 is 3.00 bits per heavy atom. The predicted octanol–water partition coefficient (Wildman–Crippen LogP) is 2.44. The molecule has 1 aromatic rings. The van der Waals surface area contributed by atoms with Crippen LogP contribution in [0.15, 0.2) is 17.3 Å². The van der Waals surface area contributed by atoms with Crippen LogP contribution in [0.1, 0.15) is 12.0 Å². The maximum atomic E-state index is 13.1. The molecule has 1 aliphatic heterocycles. The summed E-state index contributed by atoms with van der Waals surface area (Å²) in [6.07, 6.45) is 0.463. The highest BCUT2D eigenvalue weighted by atomic mass is 35.5. The van der Waals surface area contributed by atoms with Crippen molar-refractivity contribution in [2.45, 2.75) is 6.42 Å². The van der Waals surface area contributed by atoms with Crippen LogP contribution in [0.5, 0.6) is 5.75 Å². The highest BCUT2D eigenvalue weighted by Gasteiger charge is 2.19. The molecular formula is C9H7ClFNO2. The largest absolute Gasteiger partial charge is 0.492 e.